The summed E-state index contributed by atoms with van der Waals surface area (Å²) in [5.74, 6) is -0.284. The number of rotatable bonds is 5. The van der Waals surface area contributed by atoms with Gasteiger partial charge in [-0.15, -0.1) is 0 Å². The van der Waals surface area contributed by atoms with E-state index in [0.717, 1.165) is 11.3 Å². The summed E-state index contributed by atoms with van der Waals surface area (Å²) in [7, 11) is 0. The largest absolute Gasteiger partial charge is 0.312 e. The molecule has 27 heavy (non-hydrogen) atoms. The number of amides is 2. The lowest BCUT2D eigenvalue weighted by Crippen LogP contribution is -2.30. The fraction of sp³-hybridized carbons (Fsp3) is 0.286. The van der Waals surface area contributed by atoms with Crippen LogP contribution in [0.5, 0.6) is 0 Å². The highest BCUT2D eigenvalue weighted by molar-refractivity contribution is 6.30. The van der Waals surface area contributed by atoms with Crippen molar-refractivity contribution >= 4 is 35.3 Å². The fourth-order valence-corrected chi connectivity index (χ4v) is 3.11. The molecule has 6 heteroatoms. The Morgan fingerprint density at radius 2 is 1.85 bits per heavy atom. The van der Waals surface area contributed by atoms with Crippen molar-refractivity contribution in [2.24, 2.45) is 11.0 Å². The minimum atomic E-state index is -0.423. The van der Waals surface area contributed by atoms with Crippen molar-refractivity contribution in [3.63, 3.8) is 0 Å². The lowest BCUT2D eigenvalue weighted by atomic mass is 10.0. The zero-order valence-electron chi connectivity index (χ0n) is 15.4. The zero-order valence-corrected chi connectivity index (χ0v) is 16.1. The minimum Gasteiger partial charge on any atom is -0.312 e. The highest BCUT2D eigenvalue weighted by Crippen LogP contribution is 2.26. The van der Waals surface area contributed by atoms with E-state index >= 15 is 0 Å². The molecular weight excluding hydrogens is 362 g/mol. The Balaban J connectivity index is 1.57. The van der Waals surface area contributed by atoms with E-state index in [1.54, 1.807) is 35.4 Å². The Kier molecular flexibility index (Phi) is 5.91. The van der Waals surface area contributed by atoms with Crippen molar-refractivity contribution in [1.82, 2.24) is 5.43 Å². The van der Waals surface area contributed by atoms with Crippen molar-refractivity contribution in [3.05, 3.63) is 64.7 Å². The first kappa shape index (κ1) is 19.1. The lowest BCUT2D eigenvalue weighted by molar-refractivity contribution is -0.126. The van der Waals surface area contributed by atoms with E-state index in [1.807, 2.05) is 24.3 Å². The van der Waals surface area contributed by atoms with Crippen LogP contribution in [-0.2, 0) is 9.59 Å². The lowest BCUT2D eigenvalue weighted by Gasteiger charge is -2.16. The second-order valence-electron chi connectivity index (χ2n) is 6.94. The van der Waals surface area contributed by atoms with Crippen LogP contribution < -0.4 is 10.3 Å². The second-order valence-corrected chi connectivity index (χ2v) is 7.37. The van der Waals surface area contributed by atoms with Crippen molar-refractivity contribution in [2.75, 3.05) is 11.4 Å². The predicted octanol–water partition coefficient (Wildman–Crippen LogP) is 3.97. The van der Waals surface area contributed by atoms with Gasteiger partial charge < -0.3 is 4.90 Å². The summed E-state index contributed by atoms with van der Waals surface area (Å²) < 4.78 is 0. The summed E-state index contributed by atoms with van der Waals surface area (Å²) in [6, 6.07) is 15.0. The maximum absolute atomic E-state index is 12.3. The molecule has 140 valence electrons. The molecular formula is C21H22ClN3O2. The highest BCUT2D eigenvalue weighted by Gasteiger charge is 2.35. The first-order valence-corrected chi connectivity index (χ1v) is 9.30. The van der Waals surface area contributed by atoms with Crippen LogP contribution in [0.15, 0.2) is 53.6 Å². The molecule has 0 unspecified atom stereocenters. The van der Waals surface area contributed by atoms with Crippen LogP contribution in [0.4, 0.5) is 5.69 Å². The van der Waals surface area contributed by atoms with Gasteiger partial charge in [-0.05, 0) is 41.3 Å². The molecule has 2 amide bonds. The first-order chi connectivity index (χ1) is 12.9. The van der Waals surface area contributed by atoms with E-state index < -0.39 is 5.92 Å². The number of hydrazone groups is 1. The highest BCUT2D eigenvalue weighted by atomic mass is 35.5. The van der Waals surface area contributed by atoms with Gasteiger partial charge in [-0.25, -0.2) is 5.43 Å². The molecule has 1 fully saturated rings. The molecule has 1 heterocycles. The average Bonchev–Trinajstić information content (AvgIpc) is 3.04. The number of hydrogen-bond donors (Lipinski definition) is 1. The molecule has 1 N–H and O–H groups in total. The molecule has 1 aliphatic rings. The van der Waals surface area contributed by atoms with Crippen LogP contribution in [0.1, 0.15) is 37.3 Å². The van der Waals surface area contributed by atoms with Crippen LogP contribution in [0.25, 0.3) is 0 Å². The molecule has 0 aliphatic carbocycles. The normalized spacial score (nSPS) is 17.1. The summed E-state index contributed by atoms with van der Waals surface area (Å²) in [4.78, 5) is 26.2. The Hall–Kier alpha value is -2.66. The maximum atomic E-state index is 12.3. The van der Waals surface area contributed by atoms with Crippen molar-refractivity contribution in [2.45, 2.75) is 26.2 Å². The summed E-state index contributed by atoms with van der Waals surface area (Å²) in [5.41, 5.74) is 5.45. The number of halogens is 1. The van der Waals surface area contributed by atoms with Gasteiger partial charge in [0.2, 0.25) is 11.8 Å². The number of nitrogens with zero attached hydrogens (tertiary/aromatic N) is 2. The predicted molar refractivity (Wildman–Crippen MR) is 108 cm³/mol. The van der Waals surface area contributed by atoms with Crippen LogP contribution in [-0.4, -0.2) is 24.6 Å². The Bertz CT molecular complexity index is 845. The Morgan fingerprint density at radius 1 is 1.19 bits per heavy atom. The van der Waals surface area contributed by atoms with Crippen LogP contribution in [0.3, 0.4) is 0 Å². The van der Waals surface area contributed by atoms with E-state index in [1.165, 1.54) is 5.56 Å². The topological polar surface area (TPSA) is 61.8 Å². The molecule has 0 spiro atoms. The third kappa shape index (κ3) is 4.74. The third-order valence-electron chi connectivity index (χ3n) is 4.63. The number of anilines is 1. The Labute approximate surface area is 164 Å². The fourth-order valence-electron chi connectivity index (χ4n) is 2.98. The molecule has 0 aromatic heterocycles. The van der Waals surface area contributed by atoms with Crippen LogP contribution in [0, 0.1) is 5.92 Å². The van der Waals surface area contributed by atoms with E-state index in [4.69, 9.17) is 11.6 Å². The zero-order chi connectivity index (χ0) is 19.4. The number of carbonyl (C=O) groups excluding carboxylic acids is 2. The summed E-state index contributed by atoms with van der Waals surface area (Å²) >= 11 is 5.88. The van der Waals surface area contributed by atoms with Crippen LogP contribution in [0.2, 0.25) is 5.02 Å². The summed E-state index contributed by atoms with van der Waals surface area (Å²) in [6.45, 7) is 4.62. The summed E-state index contributed by atoms with van der Waals surface area (Å²) in [5, 5.41) is 4.63. The van der Waals surface area contributed by atoms with Gasteiger partial charge in [-0.2, -0.15) is 5.10 Å². The Morgan fingerprint density at radius 3 is 2.48 bits per heavy atom. The first-order valence-electron chi connectivity index (χ1n) is 8.93. The monoisotopic (exact) mass is 383 g/mol. The molecule has 5 nitrogen and oxygen atoms in total. The number of nitrogens with one attached hydrogen (secondary N) is 1. The standard InChI is InChI=1S/C21H22ClN3O2/c1-14(2)16-5-3-15(4-6-16)12-23-24-21(27)17-11-20(26)25(13-17)19-9-7-18(22)8-10-19/h3-10,12,14,17H,11,13H2,1-2H3,(H,24,27)/b23-12-/t17-/m1/s1. The van der Waals surface area contributed by atoms with E-state index in [0.29, 0.717) is 17.5 Å². The quantitative estimate of drug-likeness (QED) is 0.627. The van der Waals surface area contributed by atoms with E-state index in [-0.39, 0.29) is 18.2 Å². The third-order valence-corrected chi connectivity index (χ3v) is 4.88. The average molecular weight is 384 g/mol. The van der Waals surface area contributed by atoms with E-state index in [2.05, 4.69) is 24.4 Å². The molecule has 1 atom stereocenters. The smallest absolute Gasteiger partial charge is 0.245 e. The van der Waals surface area contributed by atoms with Gasteiger partial charge in [0.25, 0.3) is 0 Å². The van der Waals surface area contributed by atoms with Gasteiger partial charge in [0.15, 0.2) is 0 Å². The minimum absolute atomic E-state index is 0.0780. The van der Waals surface area contributed by atoms with Crippen molar-refractivity contribution in [3.8, 4) is 0 Å². The van der Waals surface area contributed by atoms with Gasteiger partial charge in [-0.3, -0.25) is 9.59 Å². The summed E-state index contributed by atoms with van der Waals surface area (Å²) in [6.07, 6.45) is 1.78. The van der Waals surface area contributed by atoms with Crippen molar-refractivity contribution in [1.29, 1.82) is 0 Å². The molecule has 1 saturated heterocycles. The number of hydrogen-bond acceptors (Lipinski definition) is 3. The van der Waals surface area contributed by atoms with Gasteiger partial charge in [-0.1, -0.05) is 49.7 Å². The number of benzene rings is 2. The molecule has 0 radical (unpaired) electrons. The maximum Gasteiger partial charge on any atom is 0.245 e. The van der Waals surface area contributed by atoms with Crippen LogP contribution >= 0.6 is 11.6 Å². The SMILES string of the molecule is CC(C)c1ccc(/C=N\NC(=O)[C@@H]2CC(=O)N(c3ccc(Cl)cc3)C2)cc1. The molecule has 0 saturated carbocycles. The van der Waals surface area contributed by atoms with Gasteiger partial charge in [0.05, 0.1) is 12.1 Å². The van der Waals surface area contributed by atoms with E-state index in [9.17, 15) is 9.59 Å². The van der Waals surface area contributed by atoms with Crippen molar-refractivity contribution < 1.29 is 9.59 Å². The number of carbonyl (C=O) groups is 2. The van der Waals surface area contributed by atoms with Gasteiger partial charge in [0, 0.05) is 23.7 Å². The molecule has 3 rings (SSSR count). The molecule has 1 aliphatic heterocycles. The molecule has 2 aromatic rings. The second kappa shape index (κ2) is 8.35. The van der Waals surface area contributed by atoms with Gasteiger partial charge >= 0.3 is 0 Å². The molecule has 0 bridgehead atoms. The van der Waals surface area contributed by atoms with Gasteiger partial charge in [0.1, 0.15) is 0 Å². The molecule has 2 aromatic carbocycles.